The fourth-order valence-corrected chi connectivity index (χ4v) is 8.01. The van der Waals surface area contributed by atoms with E-state index in [1.165, 1.54) is 12.5 Å². The first kappa shape index (κ1) is 38.6. The Labute approximate surface area is 342 Å². The summed E-state index contributed by atoms with van der Waals surface area (Å²) in [6.45, 7) is 8.11. The van der Waals surface area contributed by atoms with Crippen LogP contribution in [0.15, 0.2) is 170 Å². The first-order chi connectivity index (χ1) is 27.8. The van der Waals surface area contributed by atoms with Crippen molar-refractivity contribution < 1.29 is 18.0 Å². The number of ketones is 1. The number of halogens is 4. The van der Waals surface area contributed by atoms with Gasteiger partial charge in [0, 0.05) is 10.6 Å². The van der Waals surface area contributed by atoms with E-state index in [-0.39, 0.29) is 11.2 Å². The van der Waals surface area contributed by atoms with Gasteiger partial charge in [0.05, 0.1) is 5.56 Å². The molecule has 0 atom stereocenters. The van der Waals surface area contributed by atoms with Crippen LogP contribution < -0.4 is 0 Å². The van der Waals surface area contributed by atoms with Crippen LogP contribution in [0.25, 0.3) is 77.5 Å². The zero-order valence-electron chi connectivity index (χ0n) is 32.6. The molecule has 0 spiro atoms. The molecule has 0 amide bonds. The molecule has 1 nitrogen and oxygen atoms in total. The summed E-state index contributed by atoms with van der Waals surface area (Å²) in [6.07, 6.45) is -4.51. The Kier molecular flexibility index (Phi) is 10.2. The quantitative estimate of drug-likeness (QED) is 0.147. The van der Waals surface area contributed by atoms with Crippen LogP contribution >= 0.6 is 11.6 Å². The van der Waals surface area contributed by atoms with E-state index in [4.69, 9.17) is 11.6 Å². The molecule has 8 rings (SSSR count). The molecule has 0 fully saturated rings. The Morgan fingerprint density at radius 3 is 1.28 bits per heavy atom. The molecule has 0 bridgehead atoms. The second kappa shape index (κ2) is 15.3. The molecule has 0 radical (unpaired) electrons. The standard InChI is InChI=1S/C53H40ClF3O/c1-33(58)34-14-17-37(18-15-34)49-47(39-22-28-44(29-23-39)53(55,56)57)46(36-11-6-5-7-12-36)48(40-24-30-45(54)31-25-40)50(38-20-26-43(27-21-38)52(2,3)4)51(49)42-19-16-35-10-8-9-13-41(35)32-42/h5-32H,1-4H3. The number of hydrogen-bond donors (Lipinski definition) is 0. The zero-order chi connectivity index (χ0) is 40.8. The lowest BCUT2D eigenvalue weighted by Gasteiger charge is -2.29. The molecule has 0 saturated heterocycles. The van der Waals surface area contributed by atoms with Crippen molar-refractivity contribution in [2.45, 2.75) is 39.3 Å². The average Bonchev–Trinajstić information content (AvgIpc) is 3.22. The molecule has 8 aromatic carbocycles. The Hall–Kier alpha value is -6.23. The van der Waals surface area contributed by atoms with Crippen LogP contribution in [-0.4, -0.2) is 5.78 Å². The van der Waals surface area contributed by atoms with Crippen LogP contribution in [0.3, 0.4) is 0 Å². The molecule has 0 heterocycles. The minimum atomic E-state index is -4.51. The molecular weight excluding hydrogens is 745 g/mol. The highest BCUT2D eigenvalue weighted by Gasteiger charge is 2.32. The summed E-state index contributed by atoms with van der Waals surface area (Å²) in [6, 6.07) is 54.2. The fourth-order valence-electron chi connectivity index (χ4n) is 7.88. The van der Waals surface area contributed by atoms with Crippen LogP contribution in [0.4, 0.5) is 13.2 Å². The maximum Gasteiger partial charge on any atom is 0.416 e. The maximum absolute atomic E-state index is 14.1. The Balaban J connectivity index is 1.66. The topological polar surface area (TPSA) is 17.1 Å². The minimum Gasteiger partial charge on any atom is -0.295 e. The maximum atomic E-state index is 14.1. The van der Waals surface area contributed by atoms with Crippen molar-refractivity contribution in [3.63, 3.8) is 0 Å². The predicted molar refractivity (Wildman–Crippen MR) is 235 cm³/mol. The first-order valence-electron chi connectivity index (χ1n) is 19.2. The molecule has 286 valence electrons. The van der Waals surface area contributed by atoms with Crippen molar-refractivity contribution in [1.29, 1.82) is 0 Å². The van der Waals surface area contributed by atoms with E-state index in [0.717, 1.165) is 84.1 Å². The van der Waals surface area contributed by atoms with Gasteiger partial charge in [-0.05, 0) is 126 Å². The number of carbonyl (C=O) groups excluding carboxylic acids is 1. The largest absolute Gasteiger partial charge is 0.416 e. The molecule has 0 aromatic heterocycles. The monoisotopic (exact) mass is 784 g/mol. The van der Waals surface area contributed by atoms with Gasteiger partial charge in [-0.1, -0.05) is 172 Å². The van der Waals surface area contributed by atoms with Crippen molar-refractivity contribution in [2.75, 3.05) is 0 Å². The van der Waals surface area contributed by atoms with Gasteiger partial charge >= 0.3 is 6.18 Å². The van der Waals surface area contributed by atoms with Gasteiger partial charge in [-0.25, -0.2) is 0 Å². The van der Waals surface area contributed by atoms with Crippen molar-refractivity contribution in [2.24, 2.45) is 0 Å². The summed E-state index contributed by atoms with van der Waals surface area (Å²) in [5.74, 6) is -0.0630. The Bertz CT molecular complexity index is 2780. The Morgan fingerprint density at radius 1 is 0.431 bits per heavy atom. The summed E-state index contributed by atoms with van der Waals surface area (Å²) in [5.41, 5.74) is 11.3. The zero-order valence-corrected chi connectivity index (χ0v) is 33.3. The van der Waals surface area contributed by atoms with E-state index >= 15 is 0 Å². The number of fused-ring (bicyclic) bond motifs is 1. The third kappa shape index (κ3) is 7.48. The van der Waals surface area contributed by atoms with E-state index in [1.807, 2.05) is 91.0 Å². The minimum absolute atomic E-state index is 0.0630. The molecule has 0 saturated carbocycles. The number of hydrogen-bond acceptors (Lipinski definition) is 1. The van der Waals surface area contributed by atoms with Crippen LogP contribution in [0.2, 0.25) is 5.02 Å². The van der Waals surface area contributed by atoms with Crippen LogP contribution in [0.1, 0.15) is 49.2 Å². The highest BCUT2D eigenvalue weighted by molar-refractivity contribution is 6.30. The SMILES string of the molecule is CC(=O)c1ccc(-c2c(-c3ccc(C(F)(F)F)cc3)c(-c3ccccc3)c(-c3ccc(Cl)cc3)c(-c3ccc(C(C)(C)C)cc3)c2-c2ccc3ccccc3c2)cc1. The predicted octanol–water partition coefficient (Wildman–Crippen LogP) is 16.0. The molecule has 0 unspecified atom stereocenters. The fraction of sp³-hybridized carbons (Fsp3) is 0.113. The molecule has 0 N–H and O–H groups in total. The van der Waals surface area contributed by atoms with Crippen LogP contribution in [0, 0.1) is 0 Å². The second-order valence-electron chi connectivity index (χ2n) is 15.7. The van der Waals surface area contributed by atoms with Crippen molar-refractivity contribution in [3.05, 3.63) is 192 Å². The van der Waals surface area contributed by atoms with Crippen LogP contribution in [-0.2, 0) is 11.6 Å². The van der Waals surface area contributed by atoms with E-state index in [9.17, 15) is 18.0 Å². The summed E-state index contributed by atoms with van der Waals surface area (Å²) >= 11 is 6.56. The van der Waals surface area contributed by atoms with Gasteiger partial charge in [-0.3, -0.25) is 4.79 Å². The summed E-state index contributed by atoms with van der Waals surface area (Å²) < 4.78 is 42.4. The molecular formula is C53H40ClF3O. The Morgan fingerprint density at radius 2 is 0.810 bits per heavy atom. The molecule has 0 aliphatic heterocycles. The number of alkyl halides is 3. The molecule has 0 aliphatic carbocycles. The van der Waals surface area contributed by atoms with Gasteiger partial charge in [0.1, 0.15) is 0 Å². The molecule has 58 heavy (non-hydrogen) atoms. The molecule has 5 heteroatoms. The molecule has 8 aromatic rings. The number of Topliss-reactive ketones (excluding diaryl/α,β-unsaturated/α-hetero) is 1. The highest BCUT2D eigenvalue weighted by atomic mass is 35.5. The molecule has 0 aliphatic rings. The lowest BCUT2D eigenvalue weighted by Crippen LogP contribution is -2.10. The first-order valence-corrected chi connectivity index (χ1v) is 19.6. The van der Waals surface area contributed by atoms with Crippen LogP contribution in [0.5, 0.6) is 0 Å². The lowest BCUT2D eigenvalue weighted by molar-refractivity contribution is -0.137. The van der Waals surface area contributed by atoms with Gasteiger partial charge in [0.15, 0.2) is 5.78 Å². The number of benzene rings is 8. The van der Waals surface area contributed by atoms with Crippen molar-refractivity contribution in [1.82, 2.24) is 0 Å². The third-order valence-electron chi connectivity index (χ3n) is 10.9. The van der Waals surface area contributed by atoms with Gasteiger partial charge < -0.3 is 0 Å². The van der Waals surface area contributed by atoms with Gasteiger partial charge in [0.25, 0.3) is 0 Å². The van der Waals surface area contributed by atoms with E-state index in [2.05, 4.69) is 75.4 Å². The summed E-state index contributed by atoms with van der Waals surface area (Å²) in [4.78, 5) is 12.6. The van der Waals surface area contributed by atoms with E-state index in [1.54, 1.807) is 12.1 Å². The van der Waals surface area contributed by atoms with E-state index < -0.39 is 11.7 Å². The number of carbonyl (C=O) groups is 1. The van der Waals surface area contributed by atoms with E-state index in [0.29, 0.717) is 16.1 Å². The highest BCUT2D eigenvalue weighted by Crippen LogP contribution is 2.56. The summed E-state index contributed by atoms with van der Waals surface area (Å²) in [5, 5.41) is 2.71. The van der Waals surface area contributed by atoms with Crippen molar-refractivity contribution in [3.8, 4) is 66.8 Å². The average molecular weight is 785 g/mol. The third-order valence-corrected chi connectivity index (χ3v) is 11.1. The van der Waals surface area contributed by atoms with Gasteiger partial charge in [-0.2, -0.15) is 13.2 Å². The smallest absolute Gasteiger partial charge is 0.295 e. The van der Waals surface area contributed by atoms with Gasteiger partial charge in [0.2, 0.25) is 0 Å². The second-order valence-corrected chi connectivity index (χ2v) is 16.2. The number of rotatable bonds is 7. The lowest BCUT2D eigenvalue weighted by atomic mass is 9.73. The van der Waals surface area contributed by atoms with Crippen molar-refractivity contribution >= 4 is 28.2 Å². The normalized spacial score (nSPS) is 11.9. The van der Waals surface area contributed by atoms with Gasteiger partial charge in [-0.15, -0.1) is 0 Å². The summed E-state index contributed by atoms with van der Waals surface area (Å²) in [7, 11) is 0.